The molecule has 0 saturated carbocycles. The Morgan fingerprint density at radius 3 is 1.13 bits per heavy atom. The maximum absolute atomic E-state index is 14.6. The largest absolute Gasteiger partial charge is 0.275 e. The van der Waals surface area contributed by atoms with E-state index >= 15 is 0 Å². The molecule has 0 N–H and O–H groups in total. The lowest BCUT2D eigenvalue weighted by Gasteiger charge is -2.30. The van der Waals surface area contributed by atoms with E-state index in [4.69, 9.17) is 0 Å². The quantitative estimate of drug-likeness (QED) is 0.148. The predicted octanol–water partition coefficient (Wildman–Crippen LogP) is 11.1. The number of para-hydroxylation sites is 2. The number of hydrogen-bond acceptors (Lipinski definition) is 2. The molecule has 0 unspecified atom stereocenters. The van der Waals surface area contributed by atoms with E-state index in [1.165, 1.54) is 33.4 Å². The summed E-state index contributed by atoms with van der Waals surface area (Å²) in [4.78, 5) is 29.2. The summed E-state index contributed by atoms with van der Waals surface area (Å²) >= 11 is 0. The summed E-state index contributed by atoms with van der Waals surface area (Å²) in [6, 6.07) is 55.7. The highest BCUT2D eigenvalue weighted by molar-refractivity contribution is 6.23. The first-order valence-electron chi connectivity index (χ1n) is 18.9. The Morgan fingerprint density at radius 1 is 0.309 bits per heavy atom. The highest BCUT2D eigenvalue weighted by atomic mass is 16.1. The van der Waals surface area contributed by atoms with Crippen LogP contribution in [-0.2, 0) is 5.41 Å². The Hall–Kier alpha value is -7.30. The van der Waals surface area contributed by atoms with Gasteiger partial charge in [-0.1, -0.05) is 121 Å². The molecule has 2 aliphatic rings. The van der Waals surface area contributed by atoms with Crippen molar-refractivity contribution in [2.75, 3.05) is 0 Å². The highest BCUT2D eigenvalue weighted by Gasteiger charge is 2.52. The molecule has 8 aromatic carbocycles. The summed E-state index contributed by atoms with van der Waals surface area (Å²) < 4.78 is 3.93. The molecule has 12 aromatic rings. The fraction of sp³-hybridized carbons (Fsp3) is 0.0196. The number of nitrogens with zero attached hydrogens (tertiary/aromatic N) is 2. The number of pyridine rings is 2. The summed E-state index contributed by atoms with van der Waals surface area (Å²) in [5.41, 5.74) is 12.6. The van der Waals surface area contributed by atoms with Gasteiger partial charge in [-0.2, -0.15) is 0 Å². The van der Waals surface area contributed by atoms with Gasteiger partial charge in [0.1, 0.15) is 0 Å². The van der Waals surface area contributed by atoms with Crippen LogP contribution in [0.5, 0.6) is 0 Å². The molecule has 0 atom stereocenters. The van der Waals surface area contributed by atoms with Gasteiger partial charge in [0.25, 0.3) is 11.1 Å². The van der Waals surface area contributed by atoms with E-state index in [0.717, 1.165) is 87.1 Å². The molecular formula is C51H26N2O2. The van der Waals surface area contributed by atoms with Crippen molar-refractivity contribution in [2.24, 2.45) is 0 Å². The summed E-state index contributed by atoms with van der Waals surface area (Å²) in [6.07, 6.45) is 0. The van der Waals surface area contributed by atoms with Gasteiger partial charge in [0.2, 0.25) is 0 Å². The molecule has 0 radical (unpaired) electrons. The van der Waals surface area contributed by atoms with E-state index in [0.29, 0.717) is 0 Å². The van der Waals surface area contributed by atoms with Crippen LogP contribution in [0.3, 0.4) is 0 Å². The van der Waals surface area contributed by atoms with E-state index in [1.54, 1.807) is 0 Å². The molecule has 0 fully saturated rings. The Bertz CT molecular complexity index is 3630. The van der Waals surface area contributed by atoms with Crippen molar-refractivity contribution >= 4 is 75.9 Å². The number of fused-ring (bicyclic) bond motifs is 20. The number of rotatable bonds is 0. The van der Waals surface area contributed by atoms with Crippen molar-refractivity contribution in [3.63, 3.8) is 0 Å². The highest BCUT2D eigenvalue weighted by Crippen LogP contribution is 2.64. The maximum atomic E-state index is 14.6. The van der Waals surface area contributed by atoms with Crippen molar-refractivity contribution in [1.29, 1.82) is 0 Å². The van der Waals surface area contributed by atoms with Gasteiger partial charge in [-0.3, -0.25) is 18.4 Å². The van der Waals surface area contributed by atoms with E-state index < -0.39 is 5.41 Å². The molecule has 252 valence electrons. The average molecular weight is 699 g/mol. The Labute approximate surface area is 312 Å². The molecule has 55 heavy (non-hydrogen) atoms. The van der Waals surface area contributed by atoms with Gasteiger partial charge in [0.15, 0.2) is 0 Å². The lowest BCUT2D eigenvalue weighted by Crippen LogP contribution is -2.26. The lowest BCUT2D eigenvalue weighted by atomic mass is 9.70. The molecule has 4 heteroatoms. The molecule has 4 heterocycles. The monoisotopic (exact) mass is 698 g/mol. The maximum Gasteiger partial charge on any atom is 0.263 e. The molecule has 1 spiro atoms. The minimum atomic E-state index is -0.676. The molecule has 4 aromatic heterocycles. The number of hydrogen-bond donors (Lipinski definition) is 0. The van der Waals surface area contributed by atoms with Gasteiger partial charge >= 0.3 is 0 Å². The Morgan fingerprint density at radius 2 is 0.673 bits per heavy atom. The van der Waals surface area contributed by atoms with E-state index in [9.17, 15) is 9.59 Å². The van der Waals surface area contributed by atoms with Crippen LogP contribution in [-0.4, -0.2) is 8.80 Å². The normalized spacial score (nSPS) is 14.1. The summed E-state index contributed by atoms with van der Waals surface area (Å²) in [6.45, 7) is 0. The van der Waals surface area contributed by atoms with Gasteiger partial charge in [-0.05, 0) is 91.7 Å². The number of aromatic nitrogens is 2. The van der Waals surface area contributed by atoms with Crippen LogP contribution in [0.15, 0.2) is 167 Å². The summed E-state index contributed by atoms with van der Waals surface area (Å²) in [5.74, 6) is 0. The van der Waals surface area contributed by atoms with Gasteiger partial charge < -0.3 is 0 Å². The smallest absolute Gasteiger partial charge is 0.263 e. The van der Waals surface area contributed by atoms with Crippen LogP contribution < -0.4 is 11.1 Å². The predicted molar refractivity (Wildman–Crippen MR) is 225 cm³/mol. The van der Waals surface area contributed by atoms with Gasteiger partial charge in [0.05, 0.1) is 27.5 Å². The average Bonchev–Trinajstić information content (AvgIpc) is 3.93. The van der Waals surface area contributed by atoms with Crippen LogP contribution in [0.4, 0.5) is 0 Å². The Kier molecular flexibility index (Phi) is 4.75. The topological polar surface area (TPSA) is 43.0 Å². The number of benzene rings is 8. The van der Waals surface area contributed by atoms with E-state index in [1.807, 2.05) is 45.2 Å². The molecule has 0 aliphatic heterocycles. The van der Waals surface area contributed by atoms with Crippen molar-refractivity contribution in [1.82, 2.24) is 8.80 Å². The van der Waals surface area contributed by atoms with Crippen LogP contribution in [0, 0.1) is 0 Å². The first-order chi connectivity index (χ1) is 27.1. The SMILES string of the molecule is O=c1c2ccccc2c2cccc3c4cc5c(cc4n1c23)C1(c2ccccc2-5)c2ccccc2-c2cc3c4cccc5c6ccccc6c(=O)n(c3cc21)c54. The third-order valence-electron chi connectivity index (χ3n) is 13.2. The second-order valence-electron chi connectivity index (χ2n) is 15.4. The van der Waals surface area contributed by atoms with Crippen LogP contribution >= 0.6 is 0 Å². The van der Waals surface area contributed by atoms with Crippen LogP contribution in [0.1, 0.15) is 22.3 Å². The summed E-state index contributed by atoms with van der Waals surface area (Å²) in [5, 5.41) is 9.88. The van der Waals surface area contributed by atoms with Crippen molar-refractivity contribution in [2.45, 2.75) is 5.41 Å². The van der Waals surface area contributed by atoms with Gasteiger partial charge in [-0.25, -0.2) is 0 Å². The van der Waals surface area contributed by atoms with E-state index in [-0.39, 0.29) is 11.1 Å². The zero-order chi connectivity index (χ0) is 35.9. The fourth-order valence-electron chi connectivity index (χ4n) is 11.2. The molecule has 0 saturated heterocycles. The molecule has 4 nitrogen and oxygen atoms in total. The third kappa shape index (κ3) is 2.99. The van der Waals surface area contributed by atoms with Crippen molar-refractivity contribution < 1.29 is 0 Å². The summed E-state index contributed by atoms with van der Waals surface area (Å²) in [7, 11) is 0. The van der Waals surface area contributed by atoms with E-state index in [2.05, 4.69) is 121 Å². The lowest BCUT2D eigenvalue weighted by molar-refractivity contribution is 0.795. The third-order valence-corrected chi connectivity index (χ3v) is 13.2. The first-order valence-corrected chi connectivity index (χ1v) is 18.9. The zero-order valence-electron chi connectivity index (χ0n) is 29.2. The van der Waals surface area contributed by atoms with Crippen LogP contribution in [0.25, 0.3) is 98.2 Å². The molecule has 14 rings (SSSR count). The Balaban J connectivity index is 1.20. The van der Waals surface area contributed by atoms with Gasteiger partial charge in [-0.15, -0.1) is 0 Å². The fourth-order valence-corrected chi connectivity index (χ4v) is 11.2. The standard InChI is InChI=1S/C51H26N2O2/c54-49-35-15-3-1-11-27(35)31-17-9-19-33-39-23-37-29-13-5-7-21-41(29)51(43(37)25-45(39)52(49)47(31)33)42-22-8-6-14-30(42)38-24-40-34-20-10-18-32-28-12-2-4-16-36(28)50(55)53(48(32)34)46(40)26-44(38)51/h1-26H. The molecule has 0 amide bonds. The van der Waals surface area contributed by atoms with Gasteiger partial charge in [0, 0.05) is 43.1 Å². The minimum Gasteiger partial charge on any atom is -0.275 e. The second-order valence-corrected chi connectivity index (χ2v) is 15.4. The zero-order valence-corrected chi connectivity index (χ0v) is 29.2. The molecule has 0 bridgehead atoms. The molecule has 2 aliphatic carbocycles. The molecular weight excluding hydrogens is 673 g/mol. The van der Waals surface area contributed by atoms with Crippen molar-refractivity contribution in [3.8, 4) is 22.3 Å². The van der Waals surface area contributed by atoms with Crippen LogP contribution in [0.2, 0.25) is 0 Å². The van der Waals surface area contributed by atoms with Crippen molar-refractivity contribution in [3.05, 3.63) is 201 Å². The first kappa shape index (κ1) is 28.2. The minimum absolute atomic E-state index is 0.00122. The second kappa shape index (κ2) is 9.25.